The molecule has 2 atom stereocenters. The van der Waals surface area contributed by atoms with E-state index in [4.69, 9.17) is 18.9 Å². The first-order chi connectivity index (χ1) is 32.0. The molecule has 2 aromatic carbocycles. The highest BCUT2D eigenvalue weighted by Crippen LogP contribution is 2.36. The molecule has 0 aromatic heterocycles. The van der Waals surface area contributed by atoms with E-state index in [2.05, 4.69) is 64.9 Å². The number of alkyl halides is 3. The van der Waals surface area contributed by atoms with Crippen molar-refractivity contribution in [2.24, 2.45) is 34.5 Å². The summed E-state index contributed by atoms with van der Waals surface area (Å²) >= 11 is 0. The normalized spacial score (nSPS) is 13.6. The molecule has 0 N–H and O–H groups in total. The van der Waals surface area contributed by atoms with E-state index < -0.39 is 29.6 Å². The highest BCUT2D eigenvalue weighted by Gasteiger charge is 2.39. The Hall–Kier alpha value is -4.81. The lowest BCUT2D eigenvalue weighted by molar-refractivity contribution is -0.182. The lowest BCUT2D eigenvalue weighted by atomic mass is 9.74. The van der Waals surface area contributed by atoms with E-state index in [1.165, 1.54) is 19.3 Å². The maximum Gasteiger partial charge on any atom is 0.422 e. The van der Waals surface area contributed by atoms with Crippen LogP contribution in [0.15, 0.2) is 60.7 Å². The molecule has 10 nitrogen and oxygen atoms in total. The number of hydrogen-bond donors (Lipinski definition) is 0. The first-order valence-corrected chi connectivity index (χ1v) is 24.5. The van der Waals surface area contributed by atoms with E-state index >= 15 is 0 Å². The van der Waals surface area contributed by atoms with Crippen LogP contribution in [-0.4, -0.2) is 70.2 Å². The molecule has 0 spiro atoms. The minimum absolute atomic E-state index is 0.0543. The topological polar surface area (TPSA) is 124 Å². The summed E-state index contributed by atoms with van der Waals surface area (Å²) in [5.74, 6) is 1.53. The fraction of sp³-hybridized carbons (Fsp3) is 0.636. The van der Waals surface area contributed by atoms with Crippen molar-refractivity contribution in [2.45, 2.75) is 152 Å². The molecule has 0 bridgehead atoms. The van der Waals surface area contributed by atoms with Gasteiger partial charge in [-0.1, -0.05) is 79.7 Å². The van der Waals surface area contributed by atoms with Crippen LogP contribution in [0.5, 0.6) is 11.5 Å². The quantitative estimate of drug-likeness (QED) is 0.0312. The van der Waals surface area contributed by atoms with Gasteiger partial charge in [-0.15, -0.1) is 0 Å². The molecular weight excluding hydrogens is 878 g/mol. The third-order valence-corrected chi connectivity index (χ3v) is 12.2. The number of unbranched alkanes of at least 4 members (excludes halogenated alkanes) is 6. The van der Waals surface area contributed by atoms with Crippen molar-refractivity contribution in [3.8, 4) is 11.5 Å². The van der Waals surface area contributed by atoms with Crippen LogP contribution >= 0.6 is 0 Å². The van der Waals surface area contributed by atoms with Crippen molar-refractivity contribution < 1.29 is 60.8 Å². The van der Waals surface area contributed by atoms with Gasteiger partial charge in [0.1, 0.15) is 11.5 Å². The van der Waals surface area contributed by atoms with E-state index in [1.54, 1.807) is 30.3 Å². The van der Waals surface area contributed by atoms with E-state index in [0.29, 0.717) is 49.6 Å². The van der Waals surface area contributed by atoms with E-state index in [1.807, 2.05) is 38.1 Å². The maximum absolute atomic E-state index is 12.7. The standard InChI is InChI=1S/C28H41F3O5.C27H42O5/c1-21(2)16-17-27(5,22(3)4)26(33)35-19-9-7-6-8-18-34-24-13-10-23(11-14-24)12-15-25(32)36-20-28(29,30)31;1-21(2)17-18-27(5,22(3)4)26(29)32-20-10-8-7-9-19-31-24-14-11-23(12-15-24)13-16-25(28)30-6/h10-15,21-22H,6-9,16-20H2,1-5H3;11-16,21-22H,7-10,17-20H2,1-6H3/b15-12+;16-13+. The second-order valence-electron chi connectivity index (χ2n) is 19.4. The average molecular weight is 961 g/mol. The molecule has 0 amide bonds. The number of methoxy groups -OCH3 is 1. The van der Waals surface area contributed by atoms with Gasteiger partial charge in [0, 0.05) is 12.2 Å². The lowest BCUT2D eigenvalue weighted by Gasteiger charge is -2.32. The number of esters is 4. The molecule has 0 fully saturated rings. The minimum atomic E-state index is -4.54. The van der Waals surface area contributed by atoms with Crippen molar-refractivity contribution >= 4 is 36.0 Å². The smallest absolute Gasteiger partial charge is 0.422 e. The minimum Gasteiger partial charge on any atom is -0.494 e. The summed E-state index contributed by atoms with van der Waals surface area (Å²) < 4.78 is 67.5. The molecule has 2 unspecified atom stereocenters. The molecule has 384 valence electrons. The molecule has 13 heteroatoms. The first-order valence-electron chi connectivity index (χ1n) is 24.5. The zero-order valence-corrected chi connectivity index (χ0v) is 43.0. The van der Waals surface area contributed by atoms with Crippen LogP contribution in [-0.2, 0) is 38.1 Å². The largest absolute Gasteiger partial charge is 0.494 e. The number of ether oxygens (including phenoxy) is 6. The molecule has 0 saturated heterocycles. The van der Waals surface area contributed by atoms with Gasteiger partial charge in [0.15, 0.2) is 6.61 Å². The summed E-state index contributed by atoms with van der Waals surface area (Å²) in [7, 11) is 1.35. The van der Waals surface area contributed by atoms with Crippen LogP contribution in [0.1, 0.15) is 157 Å². The SMILES string of the molecule is CC(C)CCC(C)(C(=O)OCCCCCCOc1ccc(/C=C/C(=O)OCC(F)(F)F)cc1)C(C)C.COC(=O)/C=C/c1ccc(OCCCCCCOC(=O)C(C)(CCC(C)C)C(C)C)cc1. The van der Waals surface area contributed by atoms with Crippen molar-refractivity contribution in [3.63, 3.8) is 0 Å². The molecule has 68 heavy (non-hydrogen) atoms. The molecule has 0 saturated carbocycles. The Morgan fingerprint density at radius 3 is 1.19 bits per heavy atom. The zero-order valence-electron chi connectivity index (χ0n) is 43.0. The summed E-state index contributed by atoms with van der Waals surface area (Å²) in [5.41, 5.74) is 0.705. The molecule has 0 aliphatic carbocycles. The van der Waals surface area contributed by atoms with Crippen molar-refractivity contribution in [2.75, 3.05) is 40.1 Å². The second-order valence-corrected chi connectivity index (χ2v) is 19.4. The summed E-state index contributed by atoms with van der Waals surface area (Å²) in [6, 6.07) is 14.4. The van der Waals surface area contributed by atoms with Crippen LogP contribution in [0.25, 0.3) is 12.2 Å². The second kappa shape index (κ2) is 32.9. The van der Waals surface area contributed by atoms with Gasteiger partial charge in [-0.3, -0.25) is 9.59 Å². The fourth-order valence-corrected chi connectivity index (χ4v) is 6.53. The summed E-state index contributed by atoms with van der Waals surface area (Å²) in [4.78, 5) is 47.7. The Labute approximate surface area is 406 Å². The van der Waals surface area contributed by atoms with Crippen LogP contribution in [0, 0.1) is 34.5 Å². The average Bonchev–Trinajstić information content (AvgIpc) is 3.29. The Balaban J connectivity index is 0.000000685. The first kappa shape index (κ1) is 61.2. The van der Waals surface area contributed by atoms with Gasteiger partial charge in [0.25, 0.3) is 0 Å². The van der Waals surface area contributed by atoms with Gasteiger partial charge in [-0.2, -0.15) is 13.2 Å². The van der Waals surface area contributed by atoms with Crippen LogP contribution in [0.4, 0.5) is 13.2 Å². The molecule has 0 radical (unpaired) electrons. The molecular formula is C55H83F3O10. The number of rotatable bonds is 31. The third kappa shape index (κ3) is 26.7. The highest BCUT2D eigenvalue weighted by atomic mass is 19.4. The van der Waals surface area contributed by atoms with Gasteiger partial charge in [0.05, 0.1) is 44.4 Å². The predicted octanol–water partition coefficient (Wildman–Crippen LogP) is 13.8. The molecule has 2 rings (SSSR count). The number of carbonyl (C=O) groups is 4. The number of hydrogen-bond acceptors (Lipinski definition) is 10. The Kier molecular flexibility index (Phi) is 29.6. The Morgan fingerprint density at radius 2 is 0.868 bits per heavy atom. The third-order valence-electron chi connectivity index (χ3n) is 12.2. The summed E-state index contributed by atoms with van der Waals surface area (Å²) in [6.45, 7) is 21.6. The Bertz CT molecular complexity index is 1780. The molecule has 2 aromatic rings. The van der Waals surface area contributed by atoms with Crippen molar-refractivity contribution in [1.82, 2.24) is 0 Å². The molecule has 0 aliphatic heterocycles. The van der Waals surface area contributed by atoms with Crippen LogP contribution < -0.4 is 9.47 Å². The summed E-state index contributed by atoms with van der Waals surface area (Å²) in [6.07, 6.45) is 12.1. The zero-order chi connectivity index (χ0) is 51.2. The number of carbonyl (C=O) groups excluding carboxylic acids is 4. The summed E-state index contributed by atoms with van der Waals surface area (Å²) in [5, 5.41) is 0. The van der Waals surface area contributed by atoms with Crippen LogP contribution in [0.2, 0.25) is 0 Å². The van der Waals surface area contributed by atoms with Gasteiger partial charge in [0.2, 0.25) is 0 Å². The van der Waals surface area contributed by atoms with Crippen molar-refractivity contribution in [1.29, 1.82) is 0 Å². The van der Waals surface area contributed by atoms with E-state index in [-0.39, 0.29) is 29.7 Å². The molecule has 0 heterocycles. The lowest BCUT2D eigenvalue weighted by Crippen LogP contribution is -2.35. The fourth-order valence-electron chi connectivity index (χ4n) is 6.53. The Morgan fingerprint density at radius 1 is 0.515 bits per heavy atom. The van der Waals surface area contributed by atoms with Gasteiger partial charge in [-0.05, 0) is 162 Å². The number of halogens is 3. The van der Waals surface area contributed by atoms with Gasteiger partial charge >= 0.3 is 30.1 Å². The molecule has 0 aliphatic rings. The maximum atomic E-state index is 12.7. The number of benzene rings is 2. The van der Waals surface area contributed by atoms with E-state index in [9.17, 15) is 32.3 Å². The highest BCUT2D eigenvalue weighted by molar-refractivity contribution is 5.87. The predicted molar refractivity (Wildman–Crippen MR) is 264 cm³/mol. The van der Waals surface area contributed by atoms with Crippen LogP contribution in [0.3, 0.4) is 0 Å². The van der Waals surface area contributed by atoms with Crippen molar-refractivity contribution in [3.05, 3.63) is 71.8 Å². The van der Waals surface area contributed by atoms with Gasteiger partial charge < -0.3 is 28.4 Å². The van der Waals surface area contributed by atoms with E-state index in [0.717, 1.165) is 94.4 Å². The monoisotopic (exact) mass is 961 g/mol. The van der Waals surface area contributed by atoms with Gasteiger partial charge in [-0.25, -0.2) is 9.59 Å².